The molecule has 0 aliphatic rings. The summed E-state index contributed by atoms with van der Waals surface area (Å²) in [6.45, 7) is 0.190. The van der Waals surface area contributed by atoms with Crippen molar-refractivity contribution in [3.63, 3.8) is 0 Å². The van der Waals surface area contributed by atoms with Crippen molar-refractivity contribution in [1.82, 2.24) is 5.32 Å². The molecule has 0 bridgehead atoms. The molecule has 0 aliphatic heterocycles. The molecule has 0 saturated heterocycles. The molecule has 0 aliphatic carbocycles. The molecule has 8 nitrogen and oxygen atoms in total. The van der Waals surface area contributed by atoms with Gasteiger partial charge in [-0.2, -0.15) is 0 Å². The van der Waals surface area contributed by atoms with Crippen LogP contribution in [0, 0.1) is 5.82 Å². The lowest BCUT2D eigenvalue weighted by molar-refractivity contribution is 0.0943. The van der Waals surface area contributed by atoms with Gasteiger partial charge < -0.3 is 30.0 Å². The van der Waals surface area contributed by atoms with Gasteiger partial charge in [-0.1, -0.05) is 11.6 Å². The molecule has 0 spiro atoms. The first-order valence-electron chi connectivity index (χ1n) is 10.0. The predicted molar refractivity (Wildman–Crippen MR) is 125 cm³/mol. The molecule has 3 aromatic rings. The van der Waals surface area contributed by atoms with Crippen molar-refractivity contribution in [3.05, 3.63) is 76.6 Å². The maximum Gasteiger partial charge on any atom is 0.255 e. The summed E-state index contributed by atoms with van der Waals surface area (Å²) in [7, 11) is 2.95. The van der Waals surface area contributed by atoms with Crippen LogP contribution in [0.2, 0.25) is 5.02 Å². The Bertz CT molecular complexity index is 1180. The van der Waals surface area contributed by atoms with Gasteiger partial charge in [0.25, 0.3) is 11.8 Å². The number of nitrogens with one attached hydrogen (secondary N) is 2. The largest absolute Gasteiger partial charge is 0.507 e. The summed E-state index contributed by atoms with van der Waals surface area (Å²) >= 11 is 5.70. The van der Waals surface area contributed by atoms with Crippen LogP contribution in [0.1, 0.15) is 20.7 Å². The van der Waals surface area contributed by atoms with Gasteiger partial charge in [0.2, 0.25) is 0 Å². The molecule has 0 saturated carbocycles. The maximum absolute atomic E-state index is 13.2. The quantitative estimate of drug-likeness (QED) is 0.307. The fraction of sp³-hybridized carbons (Fsp3) is 0.167. The summed E-state index contributed by atoms with van der Waals surface area (Å²) in [5.74, 6) is -0.610. The van der Waals surface area contributed by atoms with E-state index in [1.165, 1.54) is 50.6 Å². The Morgan fingerprint density at radius 3 is 2.29 bits per heavy atom. The molecule has 3 aromatic carbocycles. The number of hydrogen-bond acceptors (Lipinski definition) is 6. The van der Waals surface area contributed by atoms with Crippen LogP contribution in [-0.2, 0) is 0 Å². The van der Waals surface area contributed by atoms with Gasteiger partial charge in [-0.15, -0.1) is 0 Å². The average molecular weight is 489 g/mol. The van der Waals surface area contributed by atoms with Crippen molar-refractivity contribution in [2.24, 2.45) is 0 Å². The topological polar surface area (TPSA) is 106 Å². The van der Waals surface area contributed by atoms with Crippen molar-refractivity contribution in [1.29, 1.82) is 0 Å². The number of benzene rings is 3. The Morgan fingerprint density at radius 1 is 0.941 bits per heavy atom. The van der Waals surface area contributed by atoms with Gasteiger partial charge in [-0.05, 0) is 42.5 Å². The van der Waals surface area contributed by atoms with E-state index in [9.17, 15) is 19.1 Å². The molecule has 0 unspecified atom stereocenters. The smallest absolute Gasteiger partial charge is 0.255 e. The molecule has 0 radical (unpaired) electrons. The van der Waals surface area contributed by atoms with E-state index in [0.29, 0.717) is 22.9 Å². The Hall–Kier alpha value is -3.98. The summed E-state index contributed by atoms with van der Waals surface area (Å²) in [6.07, 6.45) is 0. The maximum atomic E-state index is 13.2. The highest BCUT2D eigenvalue weighted by atomic mass is 35.5. The number of ether oxygens (including phenoxy) is 3. The summed E-state index contributed by atoms with van der Waals surface area (Å²) in [5, 5.41) is 15.3. The molecule has 10 heteroatoms. The van der Waals surface area contributed by atoms with Crippen molar-refractivity contribution in [2.75, 3.05) is 32.7 Å². The van der Waals surface area contributed by atoms with Gasteiger partial charge in [0, 0.05) is 23.4 Å². The number of anilines is 1. The van der Waals surface area contributed by atoms with Gasteiger partial charge in [0.15, 0.2) is 0 Å². The Kier molecular flexibility index (Phi) is 8.15. The third kappa shape index (κ3) is 6.29. The molecule has 2 amide bonds. The van der Waals surface area contributed by atoms with Crippen molar-refractivity contribution in [2.45, 2.75) is 0 Å². The number of methoxy groups -OCH3 is 2. The van der Waals surface area contributed by atoms with E-state index in [1.54, 1.807) is 18.2 Å². The molecular weight excluding hydrogens is 467 g/mol. The van der Waals surface area contributed by atoms with Crippen LogP contribution in [0.4, 0.5) is 10.1 Å². The molecule has 34 heavy (non-hydrogen) atoms. The number of amides is 2. The van der Waals surface area contributed by atoms with E-state index in [4.69, 9.17) is 25.8 Å². The lowest BCUT2D eigenvalue weighted by Crippen LogP contribution is -2.28. The minimum absolute atomic E-state index is 0.0363. The zero-order valence-corrected chi connectivity index (χ0v) is 19.1. The third-order valence-corrected chi connectivity index (χ3v) is 4.95. The fourth-order valence-corrected chi connectivity index (χ4v) is 3.10. The number of carbonyl (C=O) groups is 2. The van der Waals surface area contributed by atoms with E-state index >= 15 is 0 Å². The predicted octanol–water partition coefficient (Wildman–Crippen LogP) is 4.26. The minimum atomic E-state index is -0.572. The number of halogens is 2. The number of carbonyl (C=O) groups excluding carboxylic acids is 2. The van der Waals surface area contributed by atoms with Gasteiger partial charge in [-0.25, -0.2) is 4.39 Å². The summed E-state index contributed by atoms with van der Waals surface area (Å²) in [6, 6.07) is 12.7. The van der Waals surface area contributed by atoms with Crippen LogP contribution in [-0.4, -0.2) is 44.3 Å². The van der Waals surface area contributed by atoms with Gasteiger partial charge in [-0.3, -0.25) is 9.59 Å². The van der Waals surface area contributed by atoms with Gasteiger partial charge in [0.05, 0.1) is 31.4 Å². The van der Waals surface area contributed by atoms with Crippen LogP contribution in [0.3, 0.4) is 0 Å². The van der Waals surface area contributed by atoms with E-state index in [-0.39, 0.29) is 35.1 Å². The van der Waals surface area contributed by atoms with E-state index in [1.807, 2.05) is 0 Å². The first-order valence-corrected chi connectivity index (χ1v) is 10.4. The second-order valence-corrected chi connectivity index (χ2v) is 7.37. The normalized spacial score (nSPS) is 10.4. The van der Waals surface area contributed by atoms with Crippen LogP contribution < -0.4 is 24.8 Å². The second kappa shape index (κ2) is 11.2. The van der Waals surface area contributed by atoms with Gasteiger partial charge >= 0.3 is 0 Å². The summed E-state index contributed by atoms with van der Waals surface area (Å²) < 4.78 is 28.9. The standard InChI is InChI=1S/C24H22ClFN2O6/c1-32-17-9-14(10-18(12-17)33-2)23(30)28-15-3-6-22(29)19(11-15)24(31)27-7-8-34-16-4-5-21(26)20(25)13-16/h3-6,9-13,29H,7-8H2,1-2H3,(H,27,31)(H,28,30). The summed E-state index contributed by atoms with van der Waals surface area (Å²) in [4.78, 5) is 25.2. The lowest BCUT2D eigenvalue weighted by Gasteiger charge is -2.12. The molecule has 3 rings (SSSR count). The highest BCUT2D eigenvalue weighted by Crippen LogP contribution is 2.25. The second-order valence-electron chi connectivity index (χ2n) is 6.97. The van der Waals surface area contributed by atoms with Crippen LogP contribution >= 0.6 is 11.6 Å². The van der Waals surface area contributed by atoms with E-state index in [2.05, 4.69) is 10.6 Å². The minimum Gasteiger partial charge on any atom is -0.507 e. The number of rotatable bonds is 9. The molecule has 0 fully saturated rings. The zero-order valence-electron chi connectivity index (χ0n) is 18.4. The average Bonchev–Trinajstić information content (AvgIpc) is 2.84. The monoisotopic (exact) mass is 488 g/mol. The van der Waals surface area contributed by atoms with Crippen molar-refractivity contribution >= 4 is 29.1 Å². The SMILES string of the molecule is COc1cc(OC)cc(C(=O)Nc2ccc(O)c(C(=O)NCCOc3ccc(F)c(Cl)c3)c2)c1. The van der Waals surface area contributed by atoms with Crippen LogP contribution in [0.25, 0.3) is 0 Å². The first kappa shape index (κ1) is 24.7. The van der Waals surface area contributed by atoms with E-state index in [0.717, 1.165) is 0 Å². The molecule has 0 aromatic heterocycles. The molecule has 0 heterocycles. The number of aromatic hydroxyl groups is 1. The molecule has 178 valence electrons. The molecule has 3 N–H and O–H groups in total. The van der Waals surface area contributed by atoms with Crippen molar-refractivity contribution in [3.8, 4) is 23.0 Å². The van der Waals surface area contributed by atoms with Crippen LogP contribution in [0.5, 0.6) is 23.0 Å². The van der Waals surface area contributed by atoms with Crippen LogP contribution in [0.15, 0.2) is 54.6 Å². The Labute approximate surface area is 200 Å². The first-order chi connectivity index (χ1) is 16.3. The highest BCUT2D eigenvalue weighted by Gasteiger charge is 2.15. The number of phenolic OH excluding ortho intramolecular Hbond substituents is 1. The van der Waals surface area contributed by atoms with Crippen molar-refractivity contribution < 1.29 is 33.3 Å². The fourth-order valence-electron chi connectivity index (χ4n) is 2.93. The number of hydrogen-bond donors (Lipinski definition) is 3. The highest BCUT2D eigenvalue weighted by molar-refractivity contribution is 6.30. The Morgan fingerprint density at radius 2 is 1.65 bits per heavy atom. The van der Waals surface area contributed by atoms with Gasteiger partial charge in [0.1, 0.15) is 35.4 Å². The molecular formula is C24H22ClFN2O6. The lowest BCUT2D eigenvalue weighted by atomic mass is 10.1. The summed E-state index contributed by atoms with van der Waals surface area (Å²) in [5.41, 5.74) is 0.547. The number of phenols is 1. The third-order valence-electron chi connectivity index (χ3n) is 4.66. The molecule has 0 atom stereocenters. The van der Waals surface area contributed by atoms with E-state index < -0.39 is 17.6 Å². The Balaban J connectivity index is 1.62. The zero-order chi connectivity index (χ0) is 24.7.